The average molecular weight is 248 g/mol. The van der Waals surface area contributed by atoms with Gasteiger partial charge in [-0.15, -0.1) is 0 Å². The number of carbonyl (C=O) groups is 1. The molecule has 3 rings (SSSR count). The molecule has 18 heavy (non-hydrogen) atoms. The van der Waals surface area contributed by atoms with E-state index in [9.17, 15) is 4.79 Å². The number of aromatic nitrogens is 2. The van der Waals surface area contributed by atoms with E-state index < -0.39 is 0 Å². The highest BCUT2D eigenvalue weighted by atomic mass is 16.2. The Kier molecular flexibility index (Phi) is 3.07. The van der Waals surface area contributed by atoms with Crippen LogP contribution in [-0.4, -0.2) is 46.3 Å². The van der Waals surface area contributed by atoms with Gasteiger partial charge in [0.1, 0.15) is 0 Å². The predicted molar refractivity (Wildman–Crippen MR) is 67.9 cm³/mol. The highest BCUT2D eigenvalue weighted by Gasteiger charge is 2.43. The van der Waals surface area contributed by atoms with E-state index >= 15 is 0 Å². The molecular formula is C13H20N4O. The third kappa shape index (κ3) is 2.03. The van der Waals surface area contributed by atoms with Crippen LogP contribution in [0.25, 0.3) is 0 Å². The molecule has 0 spiro atoms. The first-order valence-corrected chi connectivity index (χ1v) is 6.73. The second-order valence-corrected chi connectivity index (χ2v) is 5.39. The van der Waals surface area contributed by atoms with E-state index in [0.29, 0.717) is 30.8 Å². The van der Waals surface area contributed by atoms with Gasteiger partial charge in [-0.1, -0.05) is 0 Å². The summed E-state index contributed by atoms with van der Waals surface area (Å²) in [5, 5.41) is 7.54. The predicted octanol–water partition coefficient (Wildman–Crippen LogP) is 0.339. The second kappa shape index (κ2) is 4.72. The molecule has 5 heteroatoms. The van der Waals surface area contributed by atoms with Crippen LogP contribution in [0, 0.1) is 11.8 Å². The second-order valence-electron chi connectivity index (χ2n) is 5.39. The maximum atomic E-state index is 12.2. The van der Waals surface area contributed by atoms with Crippen LogP contribution < -0.4 is 5.32 Å². The summed E-state index contributed by atoms with van der Waals surface area (Å²) in [7, 11) is 0. The minimum atomic E-state index is 0.271. The Labute approximate surface area is 107 Å². The van der Waals surface area contributed by atoms with Crippen LogP contribution in [0.2, 0.25) is 0 Å². The van der Waals surface area contributed by atoms with E-state index in [0.717, 1.165) is 19.6 Å². The fourth-order valence-corrected chi connectivity index (χ4v) is 3.28. The largest absolute Gasteiger partial charge is 0.339 e. The number of aryl methyl sites for hydroxylation is 1. The van der Waals surface area contributed by atoms with Gasteiger partial charge in [-0.05, 0) is 24.8 Å². The third-order valence-electron chi connectivity index (χ3n) is 4.37. The van der Waals surface area contributed by atoms with Gasteiger partial charge in [0.25, 0.3) is 0 Å². The first kappa shape index (κ1) is 11.7. The molecule has 1 aromatic heterocycles. The van der Waals surface area contributed by atoms with Gasteiger partial charge in [-0.25, -0.2) is 0 Å². The van der Waals surface area contributed by atoms with Crippen LogP contribution in [-0.2, 0) is 11.3 Å². The fourth-order valence-electron chi connectivity index (χ4n) is 3.28. The molecule has 0 radical (unpaired) electrons. The molecule has 0 saturated carbocycles. The zero-order chi connectivity index (χ0) is 12.5. The van der Waals surface area contributed by atoms with Crippen LogP contribution in [0.15, 0.2) is 18.5 Å². The Morgan fingerprint density at radius 2 is 2.39 bits per heavy atom. The number of likely N-dealkylation sites (tertiary alicyclic amines) is 1. The molecule has 3 atom stereocenters. The van der Waals surface area contributed by atoms with Gasteiger partial charge < -0.3 is 10.2 Å². The molecule has 0 aliphatic carbocycles. The molecule has 3 heterocycles. The first-order chi connectivity index (χ1) is 8.75. The van der Waals surface area contributed by atoms with E-state index in [1.54, 1.807) is 6.20 Å². The lowest BCUT2D eigenvalue weighted by atomic mass is 9.95. The van der Waals surface area contributed by atoms with Crippen LogP contribution in [0.5, 0.6) is 0 Å². The molecule has 2 fully saturated rings. The average Bonchev–Trinajstić information content (AvgIpc) is 3.05. The van der Waals surface area contributed by atoms with Crippen LogP contribution in [0.3, 0.4) is 0 Å². The van der Waals surface area contributed by atoms with Gasteiger partial charge in [0.05, 0.1) is 0 Å². The van der Waals surface area contributed by atoms with Crippen molar-refractivity contribution in [3.63, 3.8) is 0 Å². The lowest BCUT2D eigenvalue weighted by molar-refractivity contribution is -0.132. The van der Waals surface area contributed by atoms with Gasteiger partial charge in [-0.3, -0.25) is 9.48 Å². The van der Waals surface area contributed by atoms with Crippen molar-refractivity contribution in [2.45, 2.75) is 25.9 Å². The van der Waals surface area contributed by atoms with Crippen molar-refractivity contribution in [1.82, 2.24) is 20.0 Å². The number of nitrogens with zero attached hydrogens (tertiary/aromatic N) is 3. The molecule has 5 nitrogen and oxygen atoms in total. The highest BCUT2D eigenvalue weighted by molar-refractivity contribution is 5.76. The van der Waals surface area contributed by atoms with Crippen molar-refractivity contribution in [2.75, 3.05) is 19.6 Å². The minimum Gasteiger partial charge on any atom is -0.339 e. The Morgan fingerprint density at radius 1 is 1.50 bits per heavy atom. The molecule has 1 amide bonds. The number of fused-ring (bicyclic) bond motifs is 1. The van der Waals surface area contributed by atoms with Crippen molar-refractivity contribution < 1.29 is 4.79 Å². The van der Waals surface area contributed by atoms with Gasteiger partial charge in [-0.2, -0.15) is 5.10 Å². The van der Waals surface area contributed by atoms with Crippen molar-refractivity contribution in [1.29, 1.82) is 0 Å². The Bertz CT molecular complexity index is 417. The van der Waals surface area contributed by atoms with Gasteiger partial charge in [0.2, 0.25) is 5.91 Å². The standard InChI is InChI=1S/C13H20N4O/c1-10-12-8-14-7-11(12)9-17(10)13(18)3-6-16-5-2-4-15-16/h2,4-5,10-12,14H,3,6-9H2,1H3. The SMILES string of the molecule is CC1C2CNCC2CN1C(=O)CCn1cccn1. The maximum Gasteiger partial charge on any atom is 0.224 e. The normalized spacial score (nSPS) is 30.7. The first-order valence-electron chi connectivity index (χ1n) is 6.73. The molecular weight excluding hydrogens is 228 g/mol. The van der Waals surface area contributed by atoms with E-state index in [1.807, 2.05) is 16.9 Å². The summed E-state index contributed by atoms with van der Waals surface area (Å²) in [6.45, 7) is 5.93. The van der Waals surface area contributed by atoms with E-state index in [1.165, 1.54) is 0 Å². The van der Waals surface area contributed by atoms with Crippen molar-refractivity contribution >= 4 is 5.91 Å². The summed E-state index contributed by atoms with van der Waals surface area (Å²) >= 11 is 0. The van der Waals surface area contributed by atoms with E-state index in [-0.39, 0.29) is 5.91 Å². The Balaban J connectivity index is 1.56. The zero-order valence-corrected chi connectivity index (χ0v) is 10.7. The minimum absolute atomic E-state index is 0.271. The number of hydrogen-bond acceptors (Lipinski definition) is 3. The lowest BCUT2D eigenvalue weighted by Crippen LogP contribution is -2.38. The summed E-state index contributed by atoms with van der Waals surface area (Å²) in [5.74, 6) is 1.58. The summed E-state index contributed by atoms with van der Waals surface area (Å²) in [6.07, 6.45) is 4.21. The van der Waals surface area contributed by atoms with Crippen LogP contribution in [0.4, 0.5) is 0 Å². The van der Waals surface area contributed by atoms with Crippen molar-refractivity contribution in [2.24, 2.45) is 11.8 Å². The summed E-state index contributed by atoms with van der Waals surface area (Å²) in [6, 6.07) is 2.27. The highest BCUT2D eigenvalue weighted by Crippen LogP contribution is 2.32. The summed E-state index contributed by atoms with van der Waals surface area (Å²) in [4.78, 5) is 14.3. The Hall–Kier alpha value is -1.36. The Morgan fingerprint density at radius 3 is 3.11 bits per heavy atom. The number of hydrogen-bond donors (Lipinski definition) is 1. The third-order valence-corrected chi connectivity index (χ3v) is 4.37. The van der Waals surface area contributed by atoms with E-state index in [4.69, 9.17) is 0 Å². The molecule has 2 aliphatic rings. The molecule has 3 unspecified atom stereocenters. The zero-order valence-electron chi connectivity index (χ0n) is 10.7. The summed E-state index contributed by atoms with van der Waals surface area (Å²) < 4.78 is 1.82. The van der Waals surface area contributed by atoms with Gasteiger partial charge in [0.15, 0.2) is 0 Å². The molecule has 1 aromatic rings. The molecule has 1 N–H and O–H groups in total. The lowest BCUT2D eigenvalue weighted by Gasteiger charge is -2.24. The number of amides is 1. The fraction of sp³-hybridized carbons (Fsp3) is 0.692. The monoisotopic (exact) mass is 248 g/mol. The number of carbonyl (C=O) groups excluding carboxylic acids is 1. The molecule has 2 saturated heterocycles. The van der Waals surface area contributed by atoms with Crippen molar-refractivity contribution in [3.8, 4) is 0 Å². The van der Waals surface area contributed by atoms with E-state index in [2.05, 4.69) is 22.2 Å². The maximum absolute atomic E-state index is 12.2. The summed E-state index contributed by atoms with van der Waals surface area (Å²) in [5.41, 5.74) is 0. The molecule has 2 aliphatic heterocycles. The van der Waals surface area contributed by atoms with Gasteiger partial charge >= 0.3 is 0 Å². The van der Waals surface area contributed by atoms with Crippen LogP contribution >= 0.6 is 0 Å². The van der Waals surface area contributed by atoms with Crippen molar-refractivity contribution in [3.05, 3.63) is 18.5 Å². The number of rotatable bonds is 3. The van der Waals surface area contributed by atoms with Crippen LogP contribution in [0.1, 0.15) is 13.3 Å². The topological polar surface area (TPSA) is 50.2 Å². The molecule has 98 valence electrons. The van der Waals surface area contributed by atoms with Gasteiger partial charge in [0, 0.05) is 51.0 Å². The number of nitrogens with one attached hydrogen (secondary N) is 1. The quantitative estimate of drug-likeness (QED) is 0.839. The smallest absolute Gasteiger partial charge is 0.224 e. The molecule has 0 aromatic carbocycles. The molecule has 0 bridgehead atoms.